The molecule has 6 nitrogen and oxygen atoms in total. The van der Waals surface area contributed by atoms with Crippen molar-refractivity contribution in [1.29, 1.82) is 5.26 Å². The molecule has 27 heavy (non-hydrogen) atoms. The molecule has 0 aliphatic heterocycles. The molecule has 0 spiro atoms. The molecule has 1 heterocycles. The van der Waals surface area contributed by atoms with E-state index in [1.165, 1.54) is 0 Å². The predicted octanol–water partition coefficient (Wildman–Crippen LogP) is 4.27. The van der Waals surface area contributed by atoms with Gasteiger partial charge in [0.25, 0.3) is 5.91 Å². The Morgan fingerprint density at radius 1 is 1.04 bits per heavy atom. The zero-order valence-corrected chi connectivity index (χ0v) is 15.4. The largest absolute Gasteiger partial charge is 0.340 e. The van der Waals surface area contributed by atoms with Crippen molar-refractivity contribution >= 4 is 23.1 Å². The number of carbonyl (C=O) groups is 1. The third kappa shape index (κ3) is 4.47. The zero-order valence-electron chi connectivity index (χ0n) is 15.4. The Hall–Kier alpha value is -3.72. The summed E-state index contributed by atoms with van der Waals surface area (Å²) in [6.45, 7) is 5.76. The third-order valence-corrected chi connectivity index (χ3v) is 3.98. The number of hydrogen-bond donors (Lipinski definition) is 2. The van der Waals surface area contributed by atoms with Crippen molar-refractivity contribution in [2.45, 2.75) is 20.8 Å². The SMILES string of the molecule is Cc1ccc(C)c(Nc2cc(C(=O)Nc3cccc(C#N)c3)nc(C)n2)c1. The Balaban J connectivity index is 1.85. The summed E-state index contributed by atoms with van der Waals surface area (Å²) in [4.78, 5) is 21.2. The van der Waals surface area contributed by atoms with Crippen LogP contribution in [0.15, 0.2) is 48.5 Å². The van der Waals surface area contributed by atoms with Gasteiger partial charge in [0.15, 0.2) is 0 Å². The molecule has 0 aliphatic rings. The summed E-state index contributed by atoms with van der Waals surface area (Å²) in [6, 6.07) is 16.5. The molecule has 2 N–H and O–H groups in total. The van der Waals surface area contributed by atoms with Gasteiger partial charge in [0.2, 0.25) is 0 Å². The second-order valence-electron chi connectivity index (χ2n) is 6.28. The second kappa shape index (κ2) is 7.67. The molecule has 1 amide bonds. The third-order valence-electron chi connectivity index (χ3n) is 3.98. The van der Waals surface area contributed by atoms with Gasteiger partial charge in [-0.25, -0.2) is 9.97 Å². The number of hydrogen-bond acceptors (Lipinski definition) is 5. The first-order valence-corrected chi connectivity index (χ1v) is 8.46. The smallest absolute Gasteiger partial charge is 0.274 e. The molecular weight excluding hydrogens is 338 g/mol. The molecule has 2 aromatic carbocycles. The van der Waals surface area contributed by atoms with E-state index in [1.807, 2.05) is 38.1 Å². The highest BCUT2D eigenvalue weighted by molar-refractivity contribution is 6.03. The van der Waals surface area contributed by atoms with Crippen LogP contribution in [-0.2, 0) is 0 Å². The van der Waals surface area contributed by atoms with Crippen molar-refractivity contribution in [2.24, 2.45) is 0 Å². The van der Waals surface area contributed by atoms with Gasteiger partial charge in [-0.1, -0.05) is 18.2 Å². The van der Waals surface area contributed by atoms with Crippen LogP contribution in [0.3, 0.4) is 0 Å². The minimum Gasteiger partial charge on any atom is -0.340 e. The Labute approximate surface area is 157 Å². The number of benzene rings is 2. The van der Waals surface area contributed by atoms with Crippen molar-refractivity contribution in [3.05, 3.63) is 76.7 Å². The summed E-state index contributed by atoms with van der Waals surface area (Å²) in [5.74, 6) is 0.674. The molecule has 0 fully saturated rings. The van der Waals surface area contributed by atoms with E-state index in [4.69, 9.17) is 5.26 Å². The molecule has 0 unspecified atom stereocenters. The summed E-state index contributed by atoms with van der Waals surface area (Å²) in [5, 5.41) is 15.0. The number of aromatic nitrogens is 2. The van der Waals surface area contributed by atoms with Crippen molar-refractivity contribution in [3.63, 3.8) is 0 Å². The van der Waals surface area contributed by atoms with Gasteiger partial charge in [0.1, 0.15) is 17.3 Å². The van der Waals surface area contributed by atoms with Crippen LogP contribution >= 0.6 is 0 Å². The van der Waals surface area contributed by atoms with Crippen molar-refractivity contribution in [2.75, 3.05) is 10.6 Å². The molecule has 6 heteroatoms. The van der Waals surface area contributed by atoms with Crippen LogP contribution in [0.2, 0.25) is 0 Å². The molecule has 1 aromatic heterocycles. The summed E-state index contributed by atoms with van der Waals surface area (Å²) in [5.41, 5.74) is 4.41. The number of nitrogens with zero attached hydrogens (tertiary/aromatic N) is 3. The summed E-state index contributed by atoms with van der Waals surface area (Å²) >= 11 is 0. The van der Waals surface area contributed by atoms with E-state index < -0.39 is 0 Å². The zero-order chi connectivity index (χ0) is 19.4. The van der Waals surface area contributed by atoms with Gasteiger partial charge in [0.05, 0.1) is 11.6 Å². The lowest BCUT2D eigenvalue weighted by Crippen LogP contribution is -2.15. The van der Waals surface area contributed by atoms with E-state index in [0.717, 1.165) is 16.8 Å². The molecule has 134 valence electrons. The quantitative estimate of drug-likeness (QED) is 0.728. The molecule has 0 radical (unpaired) electrons. The number of nitrogens with one attached hydrogen (secondary N) is 2. The van der Waals surface area contributed by atoms with Crippen LogP contribution in [-0.4, -0.2) is 15.9 Å². The van der Waals surface area contributed by atoms with Crippen LogP contribution in [0.25, 0.3) is 0 Å². The normalized spacial score (nSPS) is 10.1. The summed E-state index contributed by atoms with van der Waals surface area (Å²) in [7, 11) is 0. The number of anilines is 3. The van der Waals surface area contributed by atoms with Gasteiger partial charge in [-0.2, -0.15) is 5.26 Å². The fourth-order valence-electron chi connectivity index (χ4n) is 2.62. The predicted molar refractivity (Wildman–Crippen MR) is 105 cm³/mol. The van der Waals surface area contributed by atoms with E-state index in [9.17, 15) is 4.79 Å². The lowest BCUT2D eigenvalue weighted by molar-refractivity contribution is 0.102. The summed E-state index contributed by atoms with van der Waals surface area (Å²) < 4.78 is 0. The Morgan fingerprint density at radius 2 is 1.85 bits per heavy atom. The Bertz CT molecular complexity index is 1050. The van der Waals surface area contributed by atoms with Gasteiger partial charge < -0.3 is 10.6 Å². The fourth-order valence-corrected chi connectivity index (χ4v) is 2.62. The first-order chi connectivity index (χ1) is 12.9. The number of carbonyl (C=O) groups excluding carboxylic acids is 1. The molecule has 0 saturated carbocycles. The van der Waals surface area contributed by atoms with E-state index in [0.29, 0.717) is 22.9 Å². The van der Waals surface area contributed by atoms with Gasteiger partial charge in [0, 0.05) is 17.4 Å². The van der Waals surface area contributed by atoms with E-state index in [-0.39, 0.29) is 11.6 Å². The monoisotopic (exact) mass is 357 g/mol. The standard InChI is InChI=1S/C21H19N5O/c1-13-7-8-14(2)18(9-13)26-20-11-19(23-15(3)24-20)21(27)25-17-6-4-5-16(10-17)12-22/h4-11H,1-3H3,(H,25,27)(H,23,24,26). The topological polar surface area (TPSA) is 90.7 Å². The average molecular weight is 357 g/mol. The number of nitriles is 1. The number of amides is 1. The van der Waals surface area contributed by atoms with Crippen LogP contribution < -0.4 is 10.6 Å². The Kier molecular flexibility index (Phi) is 5.13. The van der Waals surface area contributed by atoms with Gasteiger partial charge in [-0.3, -0.25) is 4.79 Å². The van der Waals surface area contributed by atoms with E-state index in [2.05, 4.69) is 20.6 Å². The minimum absolute atomic E-state index is 0.248. The highest BCUT2D eigenvalue weighted by atomic mass is 16.1. The molecule has 0 saturated heterocycles. The molecular formula is C21H19N5O. The maximum absolute atomic E-state index is 12.6. The maximum atomic E-state index is 12.6. The number of rotatable bonds is 4. The van der Waals surface area contributed by atoms with Crippen LogP contribution in [0.5, 0.6) is 0 Å². The minimum atomic E-state index is -0.361. The van der Waals surface area contributed by atoms with Gasteiger partial charge in [-0.05, 0) is 56.2 Å². The highest BCUT2D eigenvalue weighted by Crippen LogP contribution is 2.21. The van der Waals surface area contributed by atoms with Crippen molar-refractivity contribution in [1.82, 2.24) is 9.97 Å². The highest BCUT2D eigenvalue weighted by Gasteiger charge is 2.12. The lowest BCUT2D eigenvalue weighted by Gasteiger charge is -2.12. The average Bonchev–Trinajstić information content (AvgIpc) is 2.64. The lowest BCUT2D eigenvalue weighted by atomic mass is 10.1. The van der Waals surface area contributed by atoms with Crippen molar-refractivity contribution < 1.29 is 4.79 Å². The number of aryl methyl sites for hydroxylation is 3. The van der Waals surface area contributed by atoms with Crippen molar-refractivity contribution in [3.8, 4) is 6.07 Å². The second-order valence-corrected chi connectivity index (χ2v) is 6.28. The first-order valence-electron chi connectivity index (χ1n) is 8.46. The fraction of sp³-hybridized carbons (Fsp3) is 0.143. The van der Waals surface area contributed by atoms with Crippen LogP contribution in [0.4, 0.5) is 17.2 Å². The van der Waals surface area contributed by atoms with Crippen LogP contribution in [0, 0.1) is 32.1 Å². The maximum Gasteiger partial charge on any atom is 0.274 e. The molecule has 0 atom stereocenters. The molecule has 3 rings (SSSR count). The summed E-state index contributed by atoms with van der Waals surface area (Å²) in [6.07, 6.45) is 0. The first kappa shape index (κ1) is 18.1. The molecule has 3 aromatic rings. The van der Waals surface area contributed by atoms with Gasteiger partial charge in [-0.15, -0.1) is 0 Å². The van der Waals surface area contributed by atoms with E-state index >= 15 is 0 Å². The molecule has 0 bridgehead atoms. The Morgan fingerprint density at radius 3 is 2.63 bits per heavy atom. The van der Waals surface area contributed by atoms with E-state index in [1.54, 1.807) is 37.3 Å². The van der Waals surface area contributed by atoms with Crippen LogP contribution in [0.1, 0.15) is 33.0 Å². The molecule has 0 aliphatic carbocycles. The van der Waals surface area contributed by atoms with Gasteiger partial charge >= 0.3 is 0 Å².